The molecule has 0 aromatic heterocycles. The summed E-state index contributed by atoms with van der Waals surface area (Å²) >= 11 is 12.2. The number of benzene rings is 2. The molecule has 132 valence electrons. The Morgan fingerprint density at radius 3 is 2.24 bits per heavy atom. The SMILES string of the molecule is COC(=O)[C@@H](Cc1c(Cl)cccc1Cl)NC(=O)[C@@H](O)c1ccccc1. The van der Waals surface area contributed by atoms with Gasteiger partial charge >= 0.3 is 5.97 Å². The molecule has 0 unspecified atom stereocenters. The summed E-state index contributed by atoms with van der Waals surface area (Å²) in [5.41, 5.74) is 0.926. The van der Waals surface area contributed by atoms with Gasteiger partial charge in [-0.05, 0) is 23.3 Å². The Balaban J connectivity index is 2.18. The molecule has 2 aromatic rings. The lowest BCUT2D eigenvalue weighted by molar-refractivity contribution is -0.146. The number of ether oxygens (including phenoxy) is 1. The van der Waals surface area contributed by atoms with Gasteiger partial charge in [-0.15, -0.1) is 0 Å². The molecule has 0 bridgehead atoms. The number of aliphatic hydroxyl groups excluding tert-OH is 1. The molecule has 2 N–H and O–H groups in total. The average Bonchev–Trinajstić information content (AvgIpc) is 2.63. The van der Waals surface area contributed by atoms with E-state index in [1.807, 2.05) is 0 Å². The number of halogens is 2. The highest BCUT2D eigenvalue weighted by Gasteiger charge is 2.27. The molecular weight excluding hydrogens is 365 g/mol. The molecule has 0 aliphatic rings. The summed E-state index contributed by atoms with van der Waals surface area (Å²) in [6.45, 7) is 0. The van der Waals surface area contributed by atoms with Gasteiger partial charge in [-0.3, -0.25) is 4.79 Å². The average molecular weight is 382 g/mol. The van der Waals surface area contributed by atoms with Crippen molar-refractivity contribution in [3.8, 4) is 0 Å². The van der Waals surface area contributed by atoms with E-state index in [9.17, 15) is 14.7 Å². The van der Waals surface area contributed by atoms with Crippen molar-refractivity contribution in [2.24, 2.45) is 0 Å². The van der Waals surface area contributed by atoms with Crippen LogP contribution in [0.1, 0.15) is 17.2 Å². The van der Waals surface area contributed by atoms with Crippen molar-refractivity contribution in [2.45, 2.75) is 18.6 Å². The standard InChI is InChI=1S/C18H17Cl2NO4/c1-25-18(24)15(10-12-13(19)8-5-9-14(12)20)21-17(23)16(22)11-6-3-2-4-7-11/h2-9,15-16,22H,10H2,1H3,(H,21,23)/t15-,16+/m1/s1. The highest BCUT2D eigenvalue weighted by atomic mass is 35.5. The Morgan fingerprint density at radius 2 is 1.68 bits per heavy atom. The summed E-state index contributed by atoms with van der Waals surface area (Å²) in [6, 6.07) is 12.3. The lowest BCUT2D eigenvalue weighted by Crippen LogP contribution is -2.45. The van der Waals surface area contributed by atoms with Crippen molar-refractivity contribution in [3.63, 3.8) is 0 Å². The van der Waals surface area contributed by atoms with Crippen molar-refractivity contribution >= 4 is 35.1 Å². The largest absolute Gasteiger partial charge is 0.467 e. The number of rotatable bonds is 6. The van der Waals surface area contributed by atoms with Crippen LogP contribution in [0.3, 0.4) is 0 Å². The zero-order chi connectivity index (χ0) is 18.4. The number of nitrogens with one attached hydrogen (secondary N) is 1. The van der Waals surface area contributed by atoms with E-state index in [0.29, 0.717) is 21.2 Å². The first kappa shape index (κ1) is 19.2. The predicted molar refractivity (Wildman–Crippen MR) is 95.5 cm³/mol. The smallest absolute Gasteiger partial charge is 0.328 e. The summed E-state index contributed by atoms with van der Waals surface area (Å²) in [5, 5.41) is 13.4. The molecule has 0 saturated carbocycles. The third-order valence-electron chi connectivity index (χ3n) is 3.64. The van der Waals surface area contributed by atoms with Gasteiger partial charge in [0.2, 0.25) is 0 Å². The third-order valence-corrected chi connectivity index (χ3v) is 4.34. The van der Waals surface area contributed by atoms with Crippen LogP contribution in [0.2, 0.25) is 10.0 Å². The van der Waals surface area contributed by atoms with Gasteiger partial charge in [0.05, 0.1) is 7.11 Å². The Labute approximate surface area is 155 Å². The van der Waals surface area contributed by atoms with E-state index in [1.165, 1.54) is 7.11 Å². The predicted octanol–water partition coefficient (Wildman–Crippen LogP) is 2.93. The quantitative estimate of drug-likeness (QED) is 0.754. The normalized spacial score (nSPS) is 13.0. The Bertz CT molecular complexity index is 732. The molecule has 25 heavy (non-hydrogen) atoms. The van der Waals surface area contributed by atoms with Gasteiger partial charge in [0.1, 0.15) is 6.04 Å². The summed E-state index contributed by atoms with van der Waals surface area (Å²) in [5.74, 6) is -1.38. The van der Waals surface area contributed by atoms with E-state index >= 15 is 0 Å². The first-order valence-corrected chi connectivity index (χ1v) is 8.23. The fraction of sp³-hybridized carbons (Fsp3) is 0.222. The topological polar surface area (TPSA) is 75.6 Å². The summed E-state index contributed by atoms with van der Waals surface area (Å²) in [4.78, 5) is 24.3. The molecule has 0 spiro atoms. The number of hydrogen-bond donors (Lipinski definition) is 2. The number of carbonyl (C=O) groups is 2. The van der Waals surface area contributed by atoms with Gasteiger partial charge < -0.3 is 15.2 Å². The minimum Gasteiger partial charge on any atom is -0.467 e. The molecule has 2 aromatic carbocycles. The number of hydrogen-bond acceptors (Lipinski definition) is 4. The zero-order valence-corrected chi connectivity index (χ0v) is 14.9. The van der Waals surface area contributed by atoms with Crippen LogP contribution in [0.4, 0.5) is 0 Å². The zero-order valence-electron chi connectivity index (χ0n) is 13.4. The van der Waals surface area contributed by atoms with E-state index in [0.717, 1.165) is 0 Å². The molecule has 7 heteroatoms. The molecule has 0 aliphatic carbocycles. The van der Waals surface area contributed by atoms with E-state index in [-0.39, 0.29) is 6.42 Å². The number of esters is 1. The van der Waals surface area contributed by atoms with E-state index in [1.54, 1.807) is 48.5 Å². The molecular formula is C18H17Cl2NO4. The van der Waals surface area contributed by atoms with Crippen molar-refractivity contribution in [2.75, 3.05) is 7.11 Å². The summed E-state index contributed by atoms with van der Waals surface area (Å²) in [6.07, 6.45) is -1.37. The molecule has 0 saturated heterocycles. The molecule has 0 radical (unpaired) electrons. The maximum absolute atomic E-state index is 12.3. The molecule has 2 atom stereocenters. The van der Waals surface area contributed by atoms with Gasteiger partial charge in [-0.1, -0.05) is 59.6 Å². The van der Waals surface area contributed by atoms with Crippen molar-refractivity contribution < 1.29 is 19.4 Å². The minimum atomic E-state index is -1.41. The molecule has 0 heterocycles. The number of aliphatic hydroxyl groups is 1. The second-order valence-corrected chi connectivity index (χ2v) is 6.12. The highest BCUT2D eigenvalue weighted by molar-refractivity contribution is 6.36. The van der Waals surface area contributed by atoms with Crippen LogP contribution in [-0.4, -0.2) is 30.1 Å². The van der Waals surface area contributed by atoms with E-state index in [4.69, 9.17) is 27.9 Å². The maximum Gasteiger partial charge on any atom is 0.328 e. The monoisotopic (exact) mass is 381 g/mol. The first-order valence-electron chi connectivity index (χ1n) is 7.48. The van der Waals surface area contributed by atoms with Gasteiger partial charge in [-0.2, -0.15) is 0 Å². The fourth-order valence-corrected chi connectivity index (χ4v) is 2.86. The van der Waals surface area contributed by atoms with Crippen LogP contribution in [0.25, 0.3) is 0 Å². The highest BCUT2D eigenvalue weighted by Crippen LogP contribution is 2.26. The minimum absolute atomic E-state index is 0.0401. The van der Waals surface area contributed by atoms with Crippen molar-refractivity contribution in [1.82, 2.24) is 5.32 Å². The van der Waals surface area contributed by atoms with E-state index in [2.05, 4.69) is 5.32 Å². The Kier molecular flexibility index (Phi) is 6.82. The van der Waals surface area contributed by atoms with Gasteiger partial charge in [-0.25, -0.2) is 4.79 Å². The van der Waals surface area contributed by atoms with Gasteiger partial charge in [0, 0.05) is 16.5 Å². The van der Waals surface area contributed by atoms with Crippen LogP contribution < -0.4 is 5.32 Å². The molecule has 0 aliphatic heterocycles. The lowest BCUT2D eigenvalue weighted by Gasteiger charge is -2.20. The van der Waals surface area contributed by atoms with Crippen LogP contribution in [-0.2, 0) is 20.7 Å². The lowest BCUT2D eigenvalue weighted by atomic mass is 10.0. The van der Waals surface area contributed by atoms with Crippen molar-refractivity contribution in [1.29, 1.82) is 0 Å². The fourth-order valence-electron chi connectivity index (χ4n) is 2.30. The molecule has 0 fully saturated rings. The summed E-state index contributed by atoms with van der Waals surface area (Å²) in [7, 11) is 1.21. The van der Waals surface area contributed by atoms with Crippen LogP contribution in [0, 0.1) is 0 Å². The summed E-state index contributed by atoms with van der Waals surface area (Å²) < 4.78 is 4.73. The van der Waals surface area contributed by atoms with Crippen LogP contribution >= 0.6 is 23.2 Å². The number of methoxy groups -OCH3 is 1. The Morgan fingerprint density at radius 1 is 1.08 bits per heavy atom. The van der Waals surface area contributed by atoms with Gasteiger partial charge in [0.25, 0.3) is 5.91 Å². The second-order valence-electron chi connectivity index (χ2n) is 5.30. The van der Waals surface area contributed by atoms with Gasteiger partial charge in [0.15, 0.2) is 6.10 Å². The van der Waals surface area contributed by atoms with E-state index < -0.39 is 24.0 Å². The molecule has 5 nitrogen and oxygen atoms in total. The second kappa shape index (κ2) is 8.85. The Hall–Kier alpha value is -2.08. The first-order chi connectivity index (χ1) is 11.9. The number of carbonyl (C=O) groups excluding carboxylic acids is 2. The number of amides is 1. The molecule has 1 amide bonds. The third kappa shape index (κ3) is 4.95. The van der Waals surface area contributed by atoms with Crippen LogP contribution in [0.15, 0.2) is 48.5 Å². The van der Waals surface area contributed by atoms with Crippen molar-refractivity contribution in [3.05, 3.63) is 69.7 Å². The maximum atomic E-state index is 12.3. The van der Waals surface area contributed by atoms with Crippen LogP contribution in [0.5, 0.6) is 0 Å². The molecule has 2 rings (SSSR count).